The van der Waals surface area contributed by atoms with Gasteiger partial charge in [-0.05, 0) is 12.1 Å². The minimum absolute atomic E-state index is 0.00382. The number of amides is 1. The molecule has 148 valence electrons. The number of rotatable bonds is 8. The van der Waals surface area contributed by atoms with E-state index in [1.54, 1.807) is 6.08 Å². The second-order valence-electron chi connectivity index (χ2n) is 5.83. The minimum atomic E-state index is -0.596. The molecule has 10 heteroatoms. The molecule has 29 heavy (non-hydrogen) atoms. The van der Waals surface area contributed by atoms with Gasteiger partial charge in [-0.2, -0.15) is 0 Å². The molecule has 1 heterocycles. The van der Waals surface area contributed by atoms with E-state index in [0.29, 0.717) is 17.5 Å². The van der Waals surface area contributed by atoms with Gasteiger partial charge in [0.2, 0.25) is 5.91 Å². The quantitative estimate of drug-likeness (QED) is 0.246. The van der Waals surface area contributed by atoms with Crippen LogP contribution in [0, 0.1) is 10.1 Å². The van der Waals surface area contributed by atoms with Crippen LogP contribution in [0.3, 0.4) is 0 Å². The number of nitrogens with zero attached hydrogens (tertiary/aromatic N) is 4. The lowest BCUT2D eigenvalue weighted by molar-refractivity contribution is -0.383. The number of benzene rings is 2. The van der Waals surface area contributed by atoms with Crippen molar-refractivity contribution in [3.63, 3.8) is 0 Å². The van der Waals surface area contributed by atoms with Crippen molar-refractivity contribution >= 4 is 40.6 Å². The molecule has 0 radical (unpaired) electrons. The molecule has 1 N–H and O–H groups in total. The molecule has 0 bridgehead atoms. The zero-order valence-corrected chi connectivity index (χ0v) is 16.7. The SMILES string of the molecule is C=CCn1c(SCC(=O)Nc2ccc(Cl)cc2[N+](=O)[O-])nnc1-c1ccccc1. The zero-order chi connectivity index (χ0) is 20.8. The fourth-order valence-electron chi connectivity index (χ4n) is 2.57. The highest BCUT2D eigenvalue weighted by molar-refractivity contribution is 7.99. The van der Waals surface area contributed by atoms with Gasteiger partial charge in [0, 0.05) is 23.2 Å². The number of halogens is 1. The van der Waals surface area contributed by atoms with Crippen LogP contribution in [0.15, 0.2) is 66.3 Å². The monoisotopic (exact) mass is 429 g/mol. The molecule has 3 aromatic rings. The number of nitrogens with one attached hydrogen (secondary N) is 1. The fourth-order valence-corrected chi connectivity index (χ4v) is 3.48. The average Bonchev–Trinajstić information content (AvgIpc) is 3.11. The Morgan fingerprint density at radius 2 is 2.03 bits per heavy atom. The van der Waals surface area contributed by atoms with Gasteiger partial charge in [0.05, 0.1) is 10.7 Å². The maximum absolute atomic E-state index is 12.3. The first-order valence-electron chi connectivity index (χ1n) is 8.45. The number of hydrogen-bond donors (Lipinski definition) is 1. The summed E-state index contributed by atoms with van der Waals surface area (Å²) in [4.78, 5) is 22.9. The second-order valence-corrected chi connectivity index (χ2v) is 7.21. The van der Waals surface area contributed by atoms with Crippen LogP contribution in [0.1, 0.15) is 0 Å². The molecule has 1 aromatic heterocycles. The van der Waals surface area contributed by atoms with E-state index in [2.05, 4.69) is 22.1 Å². The summed E-state index contributed by atoms with van der Waals surface area (Å²) >= 11 is 6.97. The van der Waals surface area contributed by atoms with E-state index in [1.165, 1.54) is 30.0 Å². The van der Waals surface area contributed by atoms with E-state index in [1.807, 2.05) is 34.9 Å². The topological polar surface area (TPSA) is 103 Å². The number of nitro benzene ring substituents is 1. The van der Waals surface area contributed by atoms with Crippen LogP contribution < -0.4 is 5.32 Å². The molecule has 0 atom stereocenters. The van der Waals surface area contributed by atoms with Gasteiger partial charge in [-0.15, -0.1) is 16.8 Å². The Balaban J connectivity index is 1.73. The zero-order valence-electron chi connectivity index (χ0n) is 15.1. The lowest BCUT2D eigenvalue weighted by Gasteiger charge is -2.08. The number of hydrogen-bond acceptors (Lipinski definition) is 6. The van der Waals surface area contributed by atoms with Crippen LogP contribution in [0.2, 0.25) is 5.02 Å². The molecule has 0 aliphatic rings. The number of anilines is 1. The molecule has 0 saturated heterocycles. The molecular weight excluding hydrogens is 414 g/mol. The standard InChI is InChI=1S/C19H16ClN5O3S/c1-2-10-24-18(13-6-4-3-5-7-13)22-23-19(24)29-12-17(26)21-15-9-8-14(20)11-16(15)25(27)28/h2-9,11H,1,10,12H2,(H,21,26). The number of thioether (sulfide) groups is 1. The highest BCUT2D eigenvalue weighted by Gasteiger charge is 2.18. The van der Waals surface area contributed by atoms with Crippen molar-refractivity contribution in [2.24, 2.45) is 0 Å². The Bertz CT molecular complexity index is 1060. The average molecular weight is 430 g/mol. The molecule has 0 aliphatic heterocycles. The molecule has 0 unspecified atom stereocenters. The predicted molar refractivity (Wildman–Crippen MR) is 113 cm³/mol. The number of allylic oxidation sites excluding steroid dienone is 1. The van der Waals surface area contributed by atoms with Gasteiger partial charge in [0.15, 0.2) is 11.0 Å². The lowest BCUT2D eigenvalue weighted by Crippen LogP contribution is -2.15. The number of carbonyl (C=O) groups excluding carboxylic acids is 1. The first-order chi connectivity index (χ1) is 14.0. The molecule has 0 fully saturated rings. The molecule has 8 nitrogen and oxygen atoms in total. The molecule has 0 saturated carbocycles. The van der Waals surface area contributed by atoms with Crippen LogP contribution in [-0.4, -0.2) is 31.3 Å². The molecule has 3 rings (SSSR count). The Labute approximate surface area is 175 Å². The van der Waals surface area contributed by atoms with E-state index in [4.69, 9.17) is 11.6 Å². The molecule has 0 aliphatic carbocycles. The van der Waals surface area contributed by atoms with Gasteiger partial charge >= 0.3 is 0 Å². The first-order valence-corrected chi connectivity index (χ1v) is 9.82. The van der Waals surface area contributed by atoms with Crippen molar-refractivity contribution in [3.8, 4) is 11.4 Å². The maximum atomic E-state index is 12.3. The second kappa shape index (κ2) is 9.35. The summed E-state index contributed by atoms with van der Waals surface area (Å²) in [5, 5.41) is 22.8. The Morgan fingerprint density at radius 3 is 2.72 bits per heavy atom. The largest absolute Gasteiger partial charge is 0.320 e. The number of nitro groups is 1. The highest BCUT2D eigenvalue weighted by Crippen LogP contribution is 2.28. The normalized spacial score (nSPS) is 10.5. The van der Waals surface area contributed by atoms with E-state index in [9.17, 15) is 14.9 Å². The summed E-state index contributed by atoms with van der Waals surface area (Å²) in [6.45, 7) is 4.23. The molecular formula is C19H16ClN5O3S. The maximum Gasteiger partial charge on any atom is 0.294 e. The van der Waals surface area contributed by atoms with Crippen molar-refractivity contribution in [3.05, 3.63) is 76.3 Å². The van der Waals surface area contributed by atoms with Gasteiger partial charge in [-0.3, -0.25) is 19.5 Å². The summed E-state index contributed by atoms with van der Waals surface area (Å²) in [6.07, 6.45) is 1.72. The first kappa shape index (κ1) is 20.6. The van der Waals surface area contributed by atoms with E-state index < -0.39 is 10.8 Å². The third kappa shape index (κ3) is 5.01. The van der Waals surface area contributed by atoms with Crippen molar-refractivity contribution < 1.29 is 9.72 Å². The van der Waals surface area contributed by atoms with Gasteiger partial charge in [-0.1, -0.05) is 59.8 Å². The van der Waals surface area contributed by atoms with Crippen molar-refractivity contribution in [1.29, 1.82) is 0 Å². The van der Waals surface area contributed by atoms with E-state index in [0.717, 1.165) is 5.56 Å². The lowest BCUT2D eigenvalue weighted by atomic mass is 10.2. The van der Waals surface area contributed by atoms with Crippen LogP contribution in [0.5, 0.6) is 0 Å². The Hall–Kier alpha value is -3.17. The third-order valence-electron chi connectivity index (χ3n) is 3.82. The Kier molecular flexibility index (Phi) is 6.63. The number of carbonyl (C=O) groups is 1. The van der Waals surface area contributed by atoms with Crippen LogP contribution >= 0.6 is 23.4 Å². The van der Waals surface area contributed by atoms with Gasteiger partial charge in [0.25, 0.3) is 5.69 Å². The van der Waals surface area contributed by atoms with Crippen molar-refractivity contribution in [1.82, 2.24) is 14.8 Å². The minimum Gasteiger partial charge on any atom is -0.320 e. The van der Waals surface area contributed by atoms with Gasteiger partial charge < -0.3 is 5.32 Å². The molecule has 0 spiro atoms. The van der Waals surface area contributed by atoms with Crippen LogP contribution in [-0.2, 0) is 11.3 Å². The van der Waals surface area contributed by atoms with Gasteiger partial charge in [0.1, 0.15) is 5.69 Å². The number of aromatic nitrogens is 3. The Morgan fingerprint density at radius 1 is 1.28 bits per heavy atom. The van der Waals surface area contributed by atoms with Crippen LogP contribution in [0.4, 0.5) is 11.4 Å². The third-order valence-corrected chi connectivity index (χ3v) is 5.03. The van der Waals surface area contributed by atoms with Crippen molar-refractivity contribution in [2.45, 2.75) is 11.7 Å². The predicted octanol–water partition coefficient (Wildman–Crippen LogP) is 4.42. The summed E-state index contributed by atoms with van der Waals surface area (Å²) in [7, 11) is 0. The van der Waals surface area contributed by atoms with Crippen LogP contribution in [0.25, 0.3) is 11.4 Å². The van der Waals surface area contributed by atoms with E-state index in [-0.39, 0.29) is 22.2 Å². The molecule has 1 amide bonds. The van der Waals surface area contributed by atoms with E-state index >= 15 is 0 Å². The van der Waals surface area contributed by atoms with Crippen molar-refractivity contribution in [2.75, 3.05) is 11.1 Å². The summed E-state index contributed by atoms with van der Waals surface area (Å²) in [5.74, 6) is 0.265. The summed E-state index contributed by atoms with van der Waals surface area (Å²) in [5.41, 5.74) is 0.717. The van der Waals surface area contributed by atoms with Gasteiger partial charge in [-0.25, -0.2) is 0 Å². The molecule has 2 aromatic carbocycles. The summed E-state index contributed by atoms with van der Waals surface area (Å²) in [6, 6.07) is 13.6. The smallest absolute Gasteiger partial charge is 0.294 e. The fraction of sp³-hybridized carbons (Fsp3) is 0.105. The highest BCUT2D eigenvalue weighted by atomic mass is 35.5. The summed E-state index contributed by atoms with van der Waals surface area (Å²) < 4.78 is 1.85.